The zero-order valence-corrected chi connectivity index (χ0v) is 14.9. The topological polar surface area (TPSA) is 76.7 Å². The third-order valence-corrected chi connectivity index (χ3v) is 4.16. The lowest BCUT2D eigenvalue weighted by Crippen LogP contribution is -2.26. The molecule has 0 atom stereocenters. The summed E-state index contributed by atoms with van der Waals surface area (Å²) < 4.78 is 10.7. The number of ether oxygens (including phenoxy) is 2. The van der Waals surface area contributed by atoms with E-state index in [4.69, 9.17) is 9.47 Å². The Balaban J connectivity index is 1.68. The Kier molecular flexibility index (Phi) is 8.25. The molecule has 1 saturated carbocycles. The quantitative estimate of drug-likeness (QED) is 0.702. The molecule has 1 aromatic rings. The van der Waals surface area contributed by atoms with E-state index in [1.54, 1.807) is 31.2 Å². The van der Waals surface area contributed by atoms with Crippen molar-refractivity contribution in [2.45, 2.75) is 51.6 Å². The van der Waals surface area contributed by atoms with Crippen molar-refractivity contribution in [2.24, 2.45) is 0 Å². The van der Waals surface area contributed by atoms with Gasteiger partial charge < -0.3 is 14.8 Å². The fourth-order valence-corrected chi connectivity index (χ4v) is 2.88. The maximum Gasteiger partial charge on any atom is 0.411 e. The van der Waals surface area contributed by atoms with Crippen LogP contribution in [0.1, 0.15) is 55.8 Å². The van der Waals surface area contributed by atoms with E-state index < -0.39 is 6.09 Å². The van der Waals surface area contributed by atoms with E-state index in [0.717, 1.165) is 19.3 Å². The molecule has 1 fully saturated rings. The van der Waals surface area contributed by atoms with Gasteiger partial charge in [-0.2, -0.15) is 0 Å². The molecule has 0 aromatic heterocycles. The summed E-state index contributed by atoms with van der Waals surface area (Å²) in [5, 5.41) is 5.47. The molecule has 0 saturated heterocycles. The third-order valence-electron chi connectivity index (χ3n) is 4.16. The molecule has 0 spiro atoms. The monoisotopic (exact) mass is 348 g/mol. The van der Waals surface area contributed by atoms with Gasteiger partial charge in [0, 0.05) is 24.4 Å². The van der Waals surface area contributed by atoms with E-state index in [1.165, 1.54) is 19.3 Å². The predicted molar refractivity (Wildman–Crippen MR) is 96.9 cm³/mol. The molecule has 0 bridgehead atoms. The van der Waals surface area contributed by atoms with Gasteiger partial charge in [-0.15, -0.1) is 0 Å². The Labute approximate surface area is 149 Å². The second kappa shape index (κ2) is 10.7. The van der Waals surface area contributed by atoms with Gasteiger partial charge in [-0.3, -0.25) is 10.1 Å². The summed E-state index contributed by atoms with van der Waals surface area (Å²) in [6.07, 6.45) is 6.83. The molecule has 2 amide bonds. The fourth-order valence-electron chi connectivity index (χ4n) is 2.88. The summed E-state index contributed by atoms with van der Waals surface area (Å²) in [5.41, 5.74) is 1.04. The first kappa shape index (κ1) is 19.2. The van der Waals surface area contributed by atoms with Crippen LogP contribution >= 0.6 is 0 Å². The van der Waals surface area contributed by atoms with E-state index in [0.29, 0.717) is 37.1 Å². The molecular weight excluding hydrogens is 320 g/mol. The van der Waals surface area contributed by atoms with Crippen molar-refractivity contribution >= 4 is 17.7 Å². The summed E-state index contributed by atoms with van der Waals surface area (Å²) in [6, 6.07) is 6.78. The highest BCUT2D eigenvalue weighted by atomic mass is 16.5. The van der Waals surface area contributed by atoms with E-state index in [1.807, 2.05) is 0 Å². The average Bonchev–Trinajstić information content (AvgIpc) is 2.62. The Morgan fingerprint density at radius 1 is 1.20 bits per heavy atom. The lowest BCUT2D eigenvalue weighted by molar-refractivity contribution is 0.0273. The van der Waals surface area contributed by atoms with Crippen LogP contribution in [0.4, 0.5) is 10.5 Å². The van der Waals surface area contributed by atoms with Gasteiger partial charge >= 0.3 is 6.09 Å². The molecule has 1 aliphatic rings. The largest absolute Gasteiger partial charge is 0.450 e. The van der Waals surface area contributed by atoms with Gasteiger partial charge in [0.15, 0.2) is 0 Å². The van der Waals surface area contributed by atoms with Crippen molar-refractivity contribution < 1.29 is 19.1 Å². The summed E-state index contributed by atoms with van der Waals surface area (Å²) >= 11 is 0. The zero-order valence-electron chi connectivity index (χ0n) is 14.9. The van der Waals surface area contributed by atoms with Crippen LogP contribution in [-0.2, 0) is 9.47 Å². The number of hydrogen-bond acceptors (Lipinski definition) is 4. The van der Waals surface area contributed by atoms with Gasteiger partial charge in [0.1, 0.15) is 0 Å². The lowest BCUT2D eigenvalue weighted by Gasteiger charge is -2.21. The minimum absolute atomic E-state index is 0.162. The molecule has 0 aliphatic heterocycles. The Morgan fingerprint density at radius 3 is 2.76 bits per heavy atom. The molecule has 25 heavy (non-hydrogen) atoms. The second-order valence-corrected chi connectivity index (χ2v) is 6.17. The van der Waals surface area contributed by atoms with Gasteiger partial charge in [0.05, 0.1) is 12.7 Å². The molecule has 1 aromatic carbocycles. The highest BCUT2D eigenvalue weighted by Gasteiger charge is 2.13. The molecule has 6 heteroatoms. The van der Waals surface area contributed by atoms with Gasteiger partial charge in [-0.05, 0) is 44.4 Å². The SMILES string of the molecule is CCOC(=O)Nc1cccc(C(=O)NCCCOC2CCCCC2)c1. The van der Waals surface area contributed by atoms with Crippen molar-refractivity contribution in [3.63, 3.8) is 0 Å². The lowest BCUT2D eigenvalue weighted by atomic mass is 9.98. The Hall–Kier alpha value is -2.08. The number of benzene rings is 1. The Morgan fingerprint density at radius 2 is 2.00 bits per heavy atom. The Bertz CT molecular complexity index is 556. The maximum absolute atomic E-state index is 12.2. The van der Waals surface area contributed by atoms with Crippen LogP contribution in [-0.4, -0.2) is 37.9 Å². The predicted octanol–water partition coefficient (Wildman–Crippen LogP) is 3.72. The van der Waals surface area contributed by atoms with Crippen molar-refractivity contribution in [3.8, 4) is 0 Å². The van der Waals surface area contributed by atoms with Crippen LogP contribution in [0, 0.1) is 0 Å². The number of anilines is 1. The minimum atomic E-state index is -0.528. The highest BCUT2D eigenvalue weighted by molar-refractivity contribution is 5.96. The number of hydrogen-bond donors (Lipinski definition) is 2. The maximum atomic E-state index is 12.2. The van der Waals surface area contributed by atoms with Crippen LogP contribution in [0.15, 0.2) is 24.3 Å². The minimum Gasteiger partial charge on any atom is -0.450 e. The van der Waals surface area contributed by atoms with Crippen molar-refractivity contribution in [2.75, 3.05) is 25.1 Å². The van der Waals surface area contributed by atoms with Crippen molar-refractivity contribution in [1.29, 1.82) is 0 Å². The first-order valence-corrected chi connectivity index (χ1v) is 9.12. The molecule has 0 radical (unpaired) electrons. The summed E-state index contributed by atoms with van der Waals surface area (Å²) in [5.74, 6) is -0.162. The number of rotatable bonds is 8. The summed E-state index contributed by atoms with van der Waals surface area (Å²) in [7, 11) is 0. The van der Waals surface area contributed by atoms with E-state index in [-0.39, 0.29) is 5.91 Å². The molecule has 0 heterocycles. The van der Waals surface area contributed by atoms with Gasteiger partial charge in [-0.1, -0.05) is 25.3 Å². The van der Waals surface area contributed by atoms with Gasteiger partial charge in [-0.25, -0.2) is 4.79 Å². The first-order valence-electron chi connectivity index (χ1n) is 9.12. The van der Waals surface area contributed by atoms with Crippen LogP contribution in [0.5, 0.6) is 0 Å². The van der Waals surface area contributed by atoms with Crippen LogP contribution < -0.4 is 10.6 Å². The van der Waals surface area contributed by atoms with E-state index in [2.05, 4.69) is 10.6 Å². The first-order chi connectivity index (χ1) is 12.2. The van der Waals surface area contributed by atoms with Gasteiger partial charge in [0.25, 0.3) is 5.91 Å². The molecule has 138 valence electrons. The van der Waals surface area contributed by atoms with Crippen LogP contribution in [0.3, 0.4) is 0 Å². The fraction of sp³-hybridized carbons (Fsp3) is 0.579. The summed E-state index contributed by atoms with van der Waals surface area (Å²) in [4.78, 5) is 23.6. The van der Waals surface area contributed by atoms with Crippen molar-refractivity contribution in [3.05, 3.63) is 29.8 Å². The standard InChI is InChI=1S/C19H28N2O4/c1-2-24-19(23)21-16-9-6-8-15(14-16)18(22)20-12-7-13-25-17-10-4-3-5-11-17/h6,8-9,14,17H,2-5,7,10-13H2,1H3,(H,20,22)(H,21,23). The molecule has 1 aliphatic carbocycles. The zero-order chi connectivity index (χ0) is 17.9. The smallest absolute Gasteiger partial charge is 0.411 e. The molecule has 0 unspecified atom stereocenters. The number of amides is 2. The molecule has 6 nitrogen and oxygen atoms in total. The summed E-state index contributed by atoms with van der Waals surface area (Å²) in [6.45, 7) is 3.28. The van der Waals surface area contributed by atoms with Gasteiger partial charge in [0.2, 0.25) is 0 Å². The van der Waals surface area contributed by atoms with Crippen molar-refractivity contribution in [1.82, 2.24) is 5.32 Å². The van der Waals surface area contributed by atoms with Crippen LogP contribution in [0.25, 0.3) is 0 Å². The number of nitrogens with one attached hydrogen (secondary N) is 2. The normalized spacial score (nSPS) is 14.8. The third kappa shape index (κ3) is 7.13. The van der Waals surface area contributed by atoms with E-state index >= 15 is 0 Å². The molecular formula is C19H28N2O4. The number of carbonyl (C=O) groups is 2. The molecule has 2 N–H and O–H groups in total. The molecule has 2 rings (SSSR count). The highest BCUT2D eigenvalue weighted by Crippen LogP contribution is 2.20. The average molecular weight is 348 g/mol. The van der Waals surface area contributed by atoms with E-state index in [9.17, 15) is 9.59 Å². The number of carbonyl (C=O) groups excluding carboxylic acids is 2. The van der Waals surface area contributed by atoms with Crippen LogP contribution in [0.2, 0.25) is 0 Å². The second-order valence-electron chi connectivity index (χ2n) is 6.17.